The van der Waals surface area contributed by atoms with E-state index in [4.69, 9.17) is 10.5 Å². The Morgan fingerprint density at radius 1 is 1.09 bits per heavy atom. The first kappa shape index (κ1) is 22.2. The predicted octanol–water partition coefficient (Wildman–Crippen LogP) is 5.11. The number of anilines is 1. The molecule has 2 aliphatic rings. The molecule has 2 N–H and O–H groups in total. The van der Waals surface area contributed by atoms with Gasteiger partial charge in [-0.1, -0.05) is 48.5 Å². The van der Waals surface area contributed by atoms with Crippen LogP contribution < -0.4 is 10.0 Å². The Kier molecular flexibility index (Phi) is 5.42. The highest BCUT2D eigenvalue weighted by Crippen LogP contribution is 2.51. The fraction of sp³-hybridized carbons (Fsp3) is 0.0800. The van der Waals surface area contributed by atoms with E-state index in [0.717, 1.165) is 5.56 Å². The van der Waals surface area contributed by atoms with E-state index < -0.39 is 21.8 Å². The first-order valence-corrected chi connectivity index (χ1v) is 12.5. The molecule has 0 fully saturated rings. The Morgan fingerprint density at radius 3 is 2.50 bits per heavy atom. The third-order valence-corrected chi connectivity index (χ3v) is 8.29. The lowest BCUT2D eigenvalue weighted by Gasteiger charge is -2.38. The van der Waals surface area contributed by atoms with Gasteiger partial charge in [-0.25, -0.2) is 12.8 Å². The van der Waals surface area contributed by atoms with E-state index >= 15 is 0 Å². The summed E-state index contributed by atoms with van der Waals surface area (Å²) in [7, 11) is -4.18. The van der Waals surface area contributed by atoms with Crippen molar-refractivity contribution in [3.63, 3.8) is 0 Å². The van der Waals surface area contributed by atoms with Crippen molar-refractivity contribution in [2.75, 3.05) is 4.31 Å². The van der Waals surface area contributed by atoms with E-state index in [1.54, 1.807) is 24.3 Å². The van der Waals surface area contributed by atoms with Gasteiger partial charge in [0.05, 0.1) is 22.6 Å². The third kappa shape index (κ3) is 3.47. The topological polar surface area (TPSA) is 96.4 Å². The number of hydrogen-bond acceptors (Lipinski definition) is 5. The molecule has 0 bridgehead atoms. The van der Waals surface area contributed by atoms with E-state index in [1.807, 2.05) is 36.4 Å². The van der Waals surface area contributed by atoms with Crippen molar-refractivity contribution in [1.82, 2.24) is 0 Å². The Balaban J connectivity index is 1.78. The second kappa shape index (κ2) is 8.31. The Bertz CT molecular complexity index is 1530. The molecule has 170 valence electrons. The smallest absolute Gasteiger partial charge is 0.265 e. The van der Waals surface area contributed by atoms with Crippen LogP contribution in [0.2, 0.25) is 0 Å². The number of fused-ring (bicyclic) bond motifs is 2. The SMILES string of the molecule is N#CC1=C(N)OC2=C(C1c1ccc(F)c(Br)c1)S(=O)(=O)N(Cc1ccccc1)c1ccccc12. The molecule has 1 unspecified atom stereocenters. The average Bonchev–Trinajstić information content (AvgIpc) is 2.83. The average molecular weight is 538 g/mol. The molecule has 0 amide bonds. The molecule has 5 rings (SSSR count). The van der Waals surface area contributed by atoms with Crippen molar-refractivity contribution in [2.24, 2.45) is 5.73 Å². The van der Waals surface area contributed by atoms with Gasteiger partial charge in [-0.05, 0) is 51.3 Å². The summed E-state index contributed by atoms with van der Waals surface area (Å²) in [5.41, 5.74) is 8.21. The summed E-state index contributed by atoms with van der Waals surface area (Å²) in [4.78, 5) is -0.105. The van der Waals surface area contributed by atoms with Gasteiger partial charge in [0.1, 0.15) is 22.4 Å². The lowest BCUT2D eigenvalue weighted by molar-refractivity contribution is 0.357. The van der Waals surface area contributed by atoms with Crippen molar-refractivity contribution < 1.29 is 17.5 Å². The molecule has 1 atom stereocenters. The number of nitriles is 1. The van der Waals surface area contributed by atoms with Gasteiger partial charge >= 0.3 is 0 Å². The highest BCUT2D eigenvalue weighted by molar-refractivity contribution is 9.10. The molecule has 0 spiro atoms. The van der Waals surface area contributed by atoms with E-state index in [9.17, 15) is 18.1 Å². The third-order valence-electron chi connectivity index (χ3n) is 5.80. The monoisotopic (exact) mass is 537 g/mol. The molecule has 6 nitrogen and oxygen atoms in total. The van der Waals surface area contributed by atoms with Crippen LogP contribution in [0.1, 0.15) is 22.6 Å². The zero-order valence-corrected chi connectivity index (χ0v) is 20.0. The highest BCUT2D eigenvalue weighted by Gasteiger charge is 2.47. The molecule has 3 aromatic rings. The molecular weight excluding hydrogens is 521 g/mol. The summed E-state index contributed by atoms with van der Waals surface area (Å²) in [6.07, 6.45) is 0. The molecule has 9 heteroatoms. The minimum atomic E-state index is -4.18. The maximum absolute atomic E-state index is 14.1. The quantitative estimate of drug-likeness (QED) is 0.500. The van der Waals surface area contributed by atoms with Crippen LogP contribution in [0.4, 0.5) is 10.1 Å². The summed E-state index contributed by atoms with van der Waals surface area (Å²) in [6.45, 7) is 0.0812. The maximum Gasteiger partial charge on any atom is 0.265 e. The molecule has 0 saturated carbocycles. The molecule has 2 heterocycles. The van der Waals surface area contributed by atoms with Crippen LogP contribution >= 0.6 is 15.9 Å². The number of ether oxygens (including phenoxy) is 1. The standard InChI is InChI=1S/C25H17BrFN3O3S/c26-19-12-16(10-11-20(19)27)22-18(13-28)25(29)33-23-17-8-4-5-9-21(17)30(34(31,32)24(22)23)14-15-6-2-1-3-7-15/h1-12,22H,14,29H2. The number of allylic oxidation sites excluding steroid dienone is 2. The number of nitrogens with two attached hydrogens (primary N) is 1. The summed E-state index contributed by atoms with van der Waals surface area (Å²) in [5, 5.41) is 9.89. The number of hydrogen-bond donors (Lipinski definition) is 1. The van der Waals surface area contributed by atoms with Gasteiger partial charge in [-0.2, -0.15) is 5.26 Å². The normalized spacial score (nSPS) is 18.6. The van der Waals surface area contributed by atoms with Crippen molar-refractivity contribution >= 4 is 37.4 Å². The van der Waals surface area contributed by atoms with Crippen molar-refractivity contribution in [2.45, 2.75) is 12.5 Å². The largest absolute Gasteiger partial charge is 0.439 e. The predicted molar refractivity (Wildman–Crippen MR) is 130 cm³/mol. The lowest BCUT2D eigenvalue weighted by atomic mass is 9.88. The maximum atomic E-state index is 14.1. The van der Waals surface area contributed by atoms with Gasteiger partial charge in [0.25, 0.3) is 10.0 Å². The summed E-state index contributed by atoms with van der Waals surface area (Å²) < 4.78 is 49.5. The Hall–Kier alpha value is -3.61. The zero-order valence-electron chi connectivity index (χ0n) is 17.6. The number of nitrogens with zero attached hydrogens (tertiary/aromatic N) is 2. The number of halogens is 2. The lowest BCUT2D eigenvalue weighted by Crippen LogP contribution is -2.39. The molecule has 0 aromatic heterocycles. The number of rotatable bonds is 3. The minimum absolute atomic E-state index is 0.0557. The first-order chi connectivity index (χ1) is 16.3. The summed E-state index contributed by atoms with van der Waals surface area (Å²) >= 11 is 3.16. The first-order valence-electron chi connectivity index (χ1n) is 10.3. The molecule has 3 aromatic carbocycles. The van der Waals surface area contributed by atoms with Crippen LogP contribution in [0.5, 0.6) is 0 Å². The summed E-state index contributed by atoms with van der Waals surface area (Å²) in [6, 6.07) is 22.3. The number of sulfonamides is 1. The Morgan fingerprint density at radius 2 is 1.79 bits per heavy atom. The van der Waals surface area contributed by atoms with Gasteiger partial charge in [0.2, 0.25) is 5.88 Å². The van der Waals surface area contributed by atoms with Crippen LogP contribution in [0, 0.1) is 17.1 Å². The molecule has 0 radical (unpaired) electrons. The van der Waals surface area contributed by atoms with Crippen molar-refractivity contribution in [3.8, 4) is 6.07 Å². The molecular formula is C25H17BrFN3O3S. The van der Waals surface area contributed by atoms with Crippen LogP contribution in [-0.4, -0.2) is 8.42 Å². The van der Waals surface area contributed by atoms with Gasteiger partial charge in [0, 0.05) is 5.56 Å². The molecule has 2 aliphatic heterocycles. The molecule has 0 saturated heterocycles. The van der Waals surface area contributed by atoms with Crippen molar-refractivity contribution in [1.29, 1.82) is 5.26 Å². The van der Waals surface area contributed by atoms with Crippen LogP contribution in [0.3, 0.4) is 0 Å². The second-order valence-corrected chi connectivity index (χ2v) is 10.5. The fourth-order valence-corrected chi connectivity index (χ4v) is 6.56. The van der Waals surface area contributed by atoms with E-state index in [1.165, 1.54) is 22.5 Å². The van der Waals surface area contributed by atoms with Crippen molar-refractivity contribution in [3.05, 3.63) is 116 Å². The van der Waals surface area contributed by atoms with Gasteiger partial charge in [0.15, 0.2) is 5.76 Å². The van der Waals surface area contributed by atoms with E-state index in [2.05, 4.69) is 15.9 Å². The molecule has 0 aliphatic carbocycles. The number of benzene rings is 3. The number of para-hydroxylation sites is 1. The van der Waals surface area contributed by atoms with Gasteiger partial charge < -0.3 is 10.5 Å². The van der Waals surface area contributed by atoms with E-state index in [-0.39, 0.29) is 33.1 Å². The van der Waals surface area contributed by atoms with Gasteiger partial charge in [-0.3, -0.25) is 4.31 Å². The highest BCUT2D eigenvalue weighted by atomic mass is 79.9. The Labute approximate surface area is 204 Å². The van der Waals surface area contributed by atoms with Crippen LogP contribution in [-0.2, 0) is 21.3 Å². The summed E-state index contributed by atoms with van der Waals surface area (Å²) in [5.74, 6) is -1.69. The van der Waals surface area contributed by atoms with Crippen LogP contribution in [0.15, 0.2) is 93.6 Å². The van der Waals surface area contributed by atoms with Gasteiger partial charge in [-0.15, -0.1) is 0 Å². The zero-order chi connectivity index (χ0) is 24.0. The van der Waals surface area contributed by atoms with E-state index in [0.29, 0.717) is 16.8 Å². The second-order valence-electron chi connectivity index (χ2n) is 7.81. The minimum Gasteiger partial charge on any atom is -0.439 e. The fourth-order valence-electron chi connectivity index (χ4n) is 4.25. The van der Waals surface area contributed by atoms with Crippen LogP contribution in [0.25, 0.3) is 5.76 Å². The molecule has 34 heavy (non-hydrogen) atoms.